The molecule has 2 heterocycles. The van der Waals surface area contributed by atoms with Crippen LogP contribution < -0.4 is 5.32 Å². The summed E-state index contributed by atoms with van der Waals surface area (Å²) in [5.41, 5.74) is 0.632. The number of rotatable bonds is 3. The van der Waals surface area contributed by atoms with E-state index in [1.807, 2.05) is 18.2 Å². The Balaban J connectivity index is 0.000000162. The van der Waals surface area contributed by atoms with Crippen molar-refractivity contribution in [1.29, 1.82) is 0 Å². The van der Waals surface area contributed by atoms with E-state index in [1.54, 1.807) is 17.0 Å². The molecule has 2 aliphatic carbocycles. The zero-order valence-corrected chi connectivity index (χ0v) is 16.2. The molecular formula is C21H26N2O5. The lowest BCUT2D eigenvalue weighted by molar-refractivity contribution is -0.146. The monoisotopic (exact) mass is 386 g/mol. The third-order valence-corrected chi connectivity index (χ3v) is 6.33. The molecule has 0 aromatic heterocycles. The molecule has 7 heteroatoms. The van der Waals surface area contributed by atoms with Gasteiger partial charge in [0.25, 0.3) is 5.91 Å². The maximum Gasteiger partial charge on any atom is 0.328 e. The van der Waals surface area contributed by atoms with E-state index in [0.29, 0.717) is 29.9 Å². The van der Waals surface area contributed by atoms with Crippen LogP contribution in [0, 0.1) is 23.7 Å². The maximum absolute atomic E-state index is 12.4. The highest BCUT2D eigenvalue weighted by Crippen LogP contribution is 2.50. The van der Waals surface area contributed by atoms with Crippen LogP contribution in [0.1, 0.15) is 23.2 Å². The van der Waals surface area contributed by atoms with Crippen molar-refractivity contribution in [2.75, 3.05) is 27.3 Å². The fraction of sp³-hybridized carbons (Fsp3) is 0.571. The summed E-state index contributed by atoms with van der Waals surface area (Å²) in [4.78, 5) is 36.8. The number of benzene rings is 1. The number of carbonyl (C=O) groups excluding carboxylic acids is 3. The lowest BCUT2D eigenvalue weighted by atomic mass is 10.1. The van der Waals surface area contributed by atoms with Crippen molar-refractivity contribution in [1.82, 2.24) is 10.2 Å². The first kappa shape index (κ1) is 18.9. The van der Waals surface area contributed by atoms with Crippen LogP contribution in [0.15, 0.2) is 30.3 Å². The number of carbonyl (C=O) groups is 3. The van der Waals surface area contributed by atoms with Gasteiger partial charge in [-0.05, 0) is 55.2 Å². The molecule has 0 bridgehead atoms. The Morgan fingerprint density at radius 3 is 2.21 bits per heavy atom. The lowest BCUT2D eigenvalue weighted by Gasteiger charge is -2.25. The third kappa shape index (κ3) is 3.51. The Morgan fingerprint density at radius 1 is 0.964 bits per heavy atom. The predicted molar refractivity (Wildman–Crippen MR) is 100 cm³/mol. The second kappa shape index (κ2) is 7.54. The largest absolute Gasteiger partial charge is 0.468 e. The van der Waals surface area contributed by atoms with Crippen molar-refractivity contribution in [3.63, 3.8) is 0 Å². The Hall–Kier alpha value is -2.41. The molecule has 0 spiro atoms. The van der Waals surface area contributed by atoms with Gasteiger partial charge in [-0.25, -0.2) is 4.79 Å². The van der Waals surface area contributed by atoms with Crippen molar-refractivity contribution in [2.45, 2.75) is 24.9 Å². The average Bonchev–Trinajstić information content (AvgIpc) is 3.62. The second-order valence-electron chi connectivity index (χ2n) is 8.02. The van der Waals surface area contributed by atoms with Gasteiger partial charge in [-0.1, -0.05) is 18.2 Å². The van der Waals surface area contributed by atoms with Gasteiger partial charge < -0.3 is 19.7 Å². The van der Waals surface area contributed by atoms with E-state index in [-0.39, 0.29) is 29.9 Å². The molecule has 1 aromatic rings. The zero-order valence-electron chi connectivity index (χ0n) is 16.2. The molecule has 4 fully saturated rings. The first-order valence-corrected chi connectivity index (χ1v) is 9.80. The summed E-state index contributed by atoms with van der Waals surface area (Å²) in [5, 5.41) is 3.13. The van der Waals surface area contributed by atoms with Gasteiger partial charge in [0.05, 0.1) is 14.2 Å². The number of esters is 2. The minimum absolute atomic E-state index is 0.00926. The average molecular weight is 386 g/mol. The van der Waals surface area contributed by atoms with Gasteiger partial charge in [0.2, 0.25) is 0 Å². The first-order valence-electron chi connectivity index (χ1n) is 9.80. The number of ether oxygens (including phenoxy) is 2. The number of hydrogen-bond donors (Lipinski definition) is 1. The quantitative estimate of drug-likeness (QED) is 0.783. The van der Waals surface area contributed by atoms with Crippen LogP contribution in [0.3, 0.4) is 0 Å². The molecule has 4 aliphatic rings. The predicted octanol–water partition coefficient (Wildman–Crippen LogP) is 1.09. The molecule has 7 nitrogen and oxygen atoms in total. The van der Waals surface area contributed by atoms with E-state index in [4.69, 9.17) is 4.74 Å². The molecule has 1 N–H and O–H groups in total. The molecule has 0 radical (unpaired) electrons. The SMILES string of the molecule is COC(=O)[C@@H]1NC[C@H]2C[C@H]21.COC(=O)[C@H]1[C@@H]2C[C@@H]2CN1C(=O)c1ccccc1. The fourth-order valence-electron chi connectivity index (χ4n) is 4.57. The van der Waals surface area contributed by atoms with Crippen LogP contribution in [0.5, 0.6) is 0 Å². The van der Waals surface area contributed by atoms with Crippen LogP contribution in [-0.2, 0) is 19.1 Å². The second-order valence-corrected chi connectivity index (χ2v) is 8.02. The molecular weight excluding hydrogens is 360 g/mol. The minimum Gasteiger partial charge on any atom is -0.468 e. The van der Waals surface area contributed by atoms with Gasteiger partial charge in [-0.15, -0.1) is 0 Å². The summed E-state index contributed by atoms with van der Waals surface area (Å²) < 4.78 is 9.44. The third-order valence-electron chi connectivity index (χ3n) is 6.33. The van der Waals surface area contributed by atoms with Gasteiger partial charge in [0, 0.05) is 12.1 Å². The standard InChI is InChI=1S/C14H15NO3.C7H11NO2/c1-18-14(17)12-11-7-10(11)8-15(12)13(16)9-5-3-2-4-6-9;1-10-7(9)6-5-2-4(5)3-8-6/h2-6,10-12H,7-8H2,1H3;4-6,8H,2-3H2,1H3/t10-,11-,12-;4-,5-,6-/m11/s1. The summed E-state index contributed by atoms with van der Waals surface area (Å²) in [5.74, 6) is 1.70. The van der Waals surface area contributed by atoms with Crippen LogP contribution in [0.2, 0.25) is 0 Å². The highest BCUT2D eigenvalue weighted by atomic mass is 16.5. The highest BCUT2D eigenvalue weighted by Gasteiger charge is 2.57. The van der Waals surface area contributed by atoms with Crippen LogP contribution >= 0.6 is 0 Å². The number of amides is 1. The zero-order chi connectivity index (χ0) is 19.8. The summed E-state index contributed by atoms with van der Waals surface area (Å²) in [6, 6.07) is 8.72. The molecule has 1 aromatic carbocycles. The minimum atomic E-state index is -0.382. The summed E-state index contributed by atoms with van der Waals surface area (Å²) in [6.07, 6.45) is 2.26. The van der Waals surface area contributed by atoms with Crippen molar-refractivity contribution >= 4 is 17.8 Å². The van der Waals surface area contributed by atoms with Crippen molar-refractivity contribution in [3.8, 4) is 0 Å². The number of nitrogens with one attached hydrogen (secondary N) is 1. The molecule has 2 saturated heterocycles. The van der Waals surface area contributed by atoms with E-state index < -0.39 is 0 Å². The number of fused-ring (bicyclic) bond motifs is 2. The molecule has 6 atom stereocenters. The topological polar surface area (TPSA) is 84.9 Å². The number of nitrogens with zero attached hydrogens (tertiary/aromatic N) is 1. The van der Waals surface area contributed by atoms with Gasteiger partial charge in [-0.3, -0.25) is 9.59 Å². The van der Waals surface area contributed by atoms with Crippen LogP contribution in [0.4, 0.5) is 0 Å². The molecule has 28 heavy (non-hydrogen) atoms. The van der Waals surface area contributed by atoms with Crippen LogP contribution in [0.25, 0.3) is 0 Å². The van der Waals surface area contributed by atoms with Crippen molar-refractivity contribution in [3.05, 3.63) is 35.9 Å². The summed E-state index contributed by atoms with van der Waals surface area (Å²) in [7, 11) is 2.82. The maximum atomic E-state index is 12.4. The van der Waals surface area contributed by atoms with Gasteiger partial charge in [0.15, 0.2) is 0 Å². The van der Waals surface area contributed by atoms with E-state index in [9.17, 15) is 14.4 Å². The molecule has 150 valence electrons. The number of piperidine rings is 2. The van der Waals surface area contributed by atoms with E-state index in [0.717, 1.165) is 18.9 Å². The highest BCUT2D eigenvalue weighted by molar-refractivity contribution is 5.97. The number of likely N-dealkylation sites (tertiary alicyclic amines) is 1. The Kier molecular flexibility index (Phi) is 5.10. The van der Waals surface area contributed by atoms with Gasteiger partial charge >= 0.3 is 11.9 Å². The summed E-state index contributed by atoms with van der Waals surface area (Å²) >= 11 is 0. The molecule has 5 rings (SSSR count). The molecule has 1 amide bonds. The Labute approximate surface area is 164 Å². The normalized spacial score (nSPS) is 33.7. The fourth-order valence-corrected chi connectivity index (χ4v) is 4.57. The number of methoxy groups -OCH3 is 2. The Bertz CT molecular complexity index is 767. The van der Waals surface area contributed by atoms with Gasteiger partial charge in [0.1, 0.15) is 12.1 Å². The summed E-state index contributed by atoms with van der Waals surface area (Å²) in [6.45, 7) is 1.68. The van der Waals surface area contributed by atoms with Crippen molar-refractivity contribution in [2.24, 2.45) is 23.7 Å². The van der Waals surface area contributed by atoms with E-state index in [2.05, 4.69) is 10.1 Å². The first-order chi connectivity index (χ1) is 13.5. The number of hydrogen-bond acceptors (Lipinski definition) is 6. The van der Waals surface area contributed by atoms with Gasteiger partial charge in [-0.2, -0.15) is 0 Å². The molecule has 0 unspecified atom stereocenters. The van der Waals surface area contributed by atoms with Crippen LogP contribution in [-0.4, -0.2) is 62.1 Å². The lowest BCUT2D eigenvalue weighted by Crippen LogP contribution is -2.43. The Morgan fingerprint density at radius 2 is 1.64 bits per heavy atom. The molecule has 2 saturated carbocycles. The molecule has 2 aliphatic heterocycles. The van der Waals surface area contributed by atoms with Crippen molar-refractivity contribution < 1.29 is 23.9 Å². The van der Waals surface area contributed by atoms with E-state index in [1.165, 1.54) is 20.6 Å². The smallest absolute Gasteiger partial charge is 0.328 e. The van der Waals surface area contributed by atoms with E-state index >= 15 is 0 Å².